The Bertz CT molecular complexity index is 397. The average Bonchev–Trinajstić information content (AvgIpc) is 2.02. The molecule has 0 heterocycles. The summed E-state index contributed by atoms with van der Waals surface area (Å²) in [5.41, 5.74) is -2.35. The summed E-state index contributed by atoms with van der Waals surface area (Å²) in [7, 11) is -4.58. The number of aromatic hydroxyl groups is 1. The van der Waals surface area contributed by atoms with Gasteiger partial charge in [0.2, 0.25) is 5.44 Å². The van der Waals surface area contributed by atoms with Crippen molar-refractivity contribution in [3.8, 4) is 5.75 Å². The topological polar surface area (TPSA) is 94.8 Å². The van der Waals surface area contributed by atoms with Crippen molar-refractivity contribution in [3.05, 3.63) is 29.8 Å². The van der Waals surface area contributed by atoms with E-state index in [0.717, 1.165) is 0 Å². The molecule has 0 amide bonds. The van der Waals surface area contributed by atoms with Gasteiger partial charge in [-0.25, -0.2) is 0 Å². The molecule has 1 atom stereocenters. The third kappa shape index (κ3) is 2.18. The molecule has 0 radical (unpaired) electrons. The van der Waals surface area contributed by atoms with Crippen LogP contribution in [0.4, 0.5) is 0 Å². The van der Waals surface area contributed by atoms with Crippen molar-refractivity contribution in [1.82, 2.24) is 0 Å². The van der Waals surface area contributed by atoms with Crippen LogP contribution in [0.25, 0.3) is 0 Å². The summed E-state index contributed by atoms with van der Waals surface area (Å²) in [6.45, 7) is 0. The molecule has 0 bridgehead atoms. The van der Waals surface area contributed by atoms with E-state index in [1.165, 1.54) is 24.3 Å². The Kier molecular flexibility index (Phi) is 2.55. The maximum atomic E-state index is 10.5. The number of hydrogen-bond acceptors (Lipinski definition) is 4. The molecule has 5 nitrogen and oxygen atoms in total. The van der Waals surface area contributed by atoms with Crippen molar-refractivity contribution >= 4 is 10.1 Å². The van der Waals surface area contributed by atoms with Crippen LogP contribution >= 0.6 is 0 Å². The summed E-state index contributed by atoms with van der Waals surface area (Å²) in [4.78, 5) is 0. The lowest BCUT2D eigenvalue weighted by atomic mass is 10.2. The van der Waals surface area contributed by atoms with Crippen molar-refractivity contribution in [2.75, 3.05) is 0 Å². The van der Waals surface area contributed by atoms with Crippen LogP contribution in [0.15, 0.2) is 24.3 Å². The number of aliphatic hydroxyl groups excluding tert-OH is 1. The van der Waals surface area contributed by atoms with Crippen LogP contribution in [-0.2, 0) is 10.1 Å². The molecular formula is C7H8O5S. The number of hydrogen-bond donors (Lipinski definition) is 3. The van der Waals surface area contributed by atoms with Crippen LogP contribution in [0.5, 0.6) is 5.75 Å². The Morgan fingerprint density at radius 2 is 1.77 bits per heavy atom. The van der Waals surface area contributed by atoms with Gasteiger partial charge in [-0.2, -0.15) is 8.42 Å². The standard InChI is InChI=1S/C7H8O5S/c8-6-4-2-1-3-5(6)7(9)13(10,11)12/h1-4,7-9H,(H,10,11,12)/t7-/m0/s1. The minimum atomic E-state index is -4.58. The molecule has 72 valence electrons. The summed E-state index contributed by atoms with van der Waals surface area (Å²) in [6.07, 6.45) is 0. The highest BCUT2D eigenvalue weighted by molar-refractivity contribution is 7.85. The number of aliphatic hydroxyl groups is 1. The number of phenolic OH excluding ortho intramolecular Hbond substituents is 1. The van der Waals surface area contributed by atoms with Gasteiger partial charge in [0.05, 0.1) is 0 Å². The van der Waals surface area contributed by atoms with E-state index >= 15 is 0 Å². The summed E-state index contributed by atoms with van der Waals surface area (Å²) < 4.78 is 29.4. The Morgan fingerprint density at radius 1 is 1.23 bits per heavy atom. The molecule has 0 aliphatic rings. The van der Waals surface area contributed by atoms with Gasteiger partial charge in [-0.15, -0.1) is 0 Å². The second-order valence-electron chi connectivity index (χ2n) is 2.43. The van der Waals surface area contributed by atoms with Gasteiger partial charge in [0.25, 0.3) is 10.1 Å². The van der Waals surface area contributed by atoms with Crippen molar-refractivity contribution in [3.63, 3.8) is 0 Å². The fraction of sp³-hybridized carbons (Fsp3) is 0.143. The van der Waals surface area contributed by atoms with Crippen LogP contribution in [-0.4, -0.2) is 23.2 Å². The highest BCUT2D eigenvalue weighted by Crippen LogP contribution is 2.26. The van der Waals surface area contributed by atoms with Gasteiger partial charge in [-0.05, 0) is 6.07 Å². The first kappa shape index (κ1) is 9.97. The van der Waals surface area contributed by atoms with Gasteiger partial charge in [0.1, 0.15) is 5.75 Å². The molecule has 0 aliphatic heterocycles. The number of benzene rings is 1. The second kappa shape index (κ2) is 3.33. The molecule has 3 N–H and O–H groups in total. The first-order valence-corrected chi connectivity index (χ1v) is 4.85. The van der Waals surface area contributed by atoms with Crippen molar-refractivity contribution in [1.29, 1.82) is 0 Å². The molecule has 0 aliphatic carbocycles. The SMILES string of the molecule is O=S(=O)(O)[C@H](O)c1ccccc1O. The fourth-order valence-corrected chi connectivity index (χ4v) is 1.38. The number of phenols is 1. The lowest BCUT2D eigenvalue weighted by Crippen LogP contribution is -2.11. The minimum Gasteiger partial charge on any atom is -0.508 e. The monoisotopic (exact) mass is 204 g/mol. The molecule has 0 spiro atoms. The van der Waals surface area contributed by atoms with E-state index in [9.17, 15) is 8.42 Å². The molecular weight excluding hydrogens is 196 g/mol. The minimum absolute atomic E-state index is 0.245. The maximum absolute atomic E-state index is 10.5. The molecule has 1 aromatic rings. The summed E-state index contributed by atoms with van der Waals surface area (Å²) in [6, 6.07) is 5.32. The van der Waals surface area contributed by atoms with Crippen LogP contribution in [0.3, 0.4) is 0 Å². The quantitative estimate of drug-likeness (QED) is 0.601. The Balaban J connectivity index is 3.17. The third-order valence-electron chi connectivity index (χ3n) is 1.48. The summed E-state index contributed by atoms with van der Waals surface area (Å²) in [5.74, 6) is -0.382. The zero-order valence-electron chi connectivity index (χ0n) is 6.45. The van der Waals surface area contributed by atoms with E-state index < -0.39 is 15.6 Å². The Labute approximate surface area is 75.0 Å². The van der Waals surface area contributed by atoms with Crippen LogP contribution in [0.2, 0.25) is 0 Å². The van der Waals surface area contributed by atoms with Gasteiger partial charge in [0.15, 0.2) is 0 Å². The van der Waals surface area contributed by atoms with Gasteiger partial charge in [-0.1, -0.05) is 18.2 Å². The summed E-state index contributed by atoms with van der Waals surface area (Å²) >= 11 is 0. The third-order valence-corrected chi connectivity index (χ3v) is 2.30. The predicted octanol–water partition coefficient (Wildman–Crippen LogP) is 0.271. The second-order valence-corrected chi connectivity index (χ2v) is 3.90. The first-order valence-electron chi connectivity index (χ1n) is 3.35. The van der Waals surface area contributed by atoms with Gasteiger partial charge in [-0.3, -0.25) is 4.55 Å². The molecule has 6 heteroatoms. The smallest absolute Gasteiger partial charge is 0.296 e. The molecule has 0 saturated carbocycles. The van der Waals surface area contributed by atoms with E-state index in [4.69, 9.17) is 14.8 Å². The lowest BCUT2D eigenvalue weighted by molar-refractivity contribution is 0.233. The molecule has 0 fully saturated rings. The van der Waals surface area contributed by atoms with E-state index in [1.54, 1.807) is 0 Å². The fourth-order valence-electron chi connectivity index (χ4n) is 0.857. The molecule has 0 aromatic heterocycles. The maximum Gasteiger partial charge on any atom is 0.296 e. The van der Waals surface area contributed by atoms with Gasteiger partial charge < -0.3 is 10.2 Å². The van der Waals surface area contributed by atoms with Crippen LogP contribution in [0.1, 0.15) is 11.0 Å². The summed E-state index contributed by atoms with van der Waals surface area (Å²) in [5, 5.41) is 18.1. The molecule has 0 unspecified atom stereocenters. The lowest BCUT2D eigenvalue weighted by Gasteiger charge is -2.08. The average molecular weight is 204 g/mol. The highest BCUT2D eigenvalue weighted by Gasteiger charge is 2.24. The largest absolute Gasteiger partial charge is 0.508 e. The molecule has 1 rings (SSSR count). The van der Waals surface area contributed by atoms with Crippen LogP contribution in [0, 0.1) is 0 Å². The number of para-hydroxylation sites is 1. The van der Waals surface area contributed by atoms with E-state index in [1.807, 2.05) is 0 Å². The zero-order chi connectivity index (χ0) is 10.1. The van der Waals surface area contributed by atoms with Gasteiger partial charge >= 0.3 is 0 Å². The van der Waals surface area contributed by atoms with Crippen LogP contribution < -0.4 is 0 Å². The first-order chi connectivity index (χ1) is 5.93. The molecule has 0 saturated heterocycles. The van der Waals surface area contributed by atoms with Crippen molar-refractivity contribution in [2.24, 2.45) is 0 Å². The molecule has 13 heavy (non-hydrogen) atoms. The number of rotatable bonds is 2. The zero-order valence-corrected chi connectivity index (χ0v) is 7.27. The van der Waals surface area contributed by atoms with E-state index in [0.29, 0.717) is 0 Å². The van der Waals surface area contributed by atoms with Gasteiger partial charge in [0, 0.05) is 5.56 Å². The van der Waals surface area contributed by atoms with E-state index in [2.05, 4.69) is 0 Å². The molecule has 1 aromatic carbocycles. The predicted molar refractivity (Wildman–Crippen MR) is 44.6 cm³/mol. The Hall–Kier alpha value is -1.11. The highest BCUT2D eigenvalue weighted by atomic mass is 32.2. The van der Waals surface area contributed by atoms with E-state index in [-0.39, 0.29) is 11.3 Å². The van der Waals surface area contributed by atoms with Crippen molar-refractivity contribution < 1.29 is 23.2 Å². The normalized spacial score (nSPS) is 14.0. The Morgan fingerprint density at radius 3 is 2.23 bits per heavy atom. The van der Waals surface area contributed by atoms with Crippen molar-refractivity contribution in [2.45, 2.75) is 5.44 Å².